The van der Waals surface area contributed by atoms with Gasteiger partial charge in [0.1, 0.15) is 0 Å². The lowest BCUT2D eigenvalue weighted by molar-refractivity contribution is -0.116. The molecule has 27 heavy (non-hydrogen) atoms. The van der Waals surface area contributed by atoms with Gasteiger partial charge in [-0.25, -0.2) is 0 Å². The highest BCUT2D eigenvalue weighted by Crippen LogP contribution is 2.39. The van der Waals surface area contributed by atoms with Crippen molar-refractivity contribution in [3.8, 4) is 0 Å². The lowest BCUT2D eigenvalue weighted by Gasteiger charge is -2.36. The number of para-hydroxylation sites is 2. The van der Waals surface area contributed by atoms with Crippen molar-refractivity contribution in [3.05, 3.63) is 54.1 Å². The van der Waals surface area contributed by atoms with Gasteiger partial charge < -0.3 is 10.2 Å². The quantitative estimate of drug-likeness (QED) is 0.849. The maximum absolute atomic E-state index is 12.4. The number of benzene rings is 2. The molecule has 1 unspecified atom stereocenters. The molecule has 1 fully saturated rings. The predicted molar refractivity (Wildman–Crippen MR) is 114 cm³/mol. The van der Waals surface area contributed by atoms with Gasteiger partial charge in [0.2, 0.25) is 5.91 Å². The maximum Gasteiger partial charge on any atom is 0.237 e. The second kappa shape index (κ2) is 8.36. The Balaban J connectivity index is 1.23. The Labute approximate surface area is 165 Å². The topological polar surface area (TPSA) is 35.6 Å². The van der Waals surface area contributed by atoms with Crippen LogP contribution in [0.15, 0.2) is 53.4 Å². The van der Waals surface area contributed by atoms with Gasteiger partial charge in [-0.2, -0.15) is 0 Å². The summed E-state index contributed by atoms with van der Waals surface area (Å²) in [6, 6.07) is 16.9. The van der Waals surface area contributed by atoms with E-state index >= 15 is 0 Å². The second-order valence-corrected chi connectivity index (χ2v) is 8.59. The first kappa shape index (κ1) is 18.4. The maximum atomic E-state index is 12.4. The van der Waals surface area contributed by atoms with Crippen LogP contribution in [0.1, 0.15) is 18.4 Å². The average Bonchev–Trinajstić information content (AvgIpc) is 2.70. The first-order valence-corrected chi connectivity index (χ1v) is 10.7. The molecule has 0 radical (unpaired) electrons. The van der Waals surface area contributed by atoms with Gasteiger partial charge in [-0.3, -0.25) is 9.69 Å². The van der Waals surface area contributed by atoms with E-state index in [1.165, 1.54) is 10.6 Å². The monoisotopic (exact) mass is 381 g/mol. The van der Waals surface area contributed by atoms with Crippen LogP contribution in [0.5, 0.6) is 0 Å². The normalized spacial score (nSPS) is 20.3. The highest BCUT2D eigenvalue weighted by Gasteiger charge is 2.27. The summed E-state index contributed by atoms with van der Waals surface area (Å²) < 4.78 is 0. The smallest absolute Gasteiger partial charge is 0.237 e. The van der Waals surface area contributed by atoms with Crippen molar-refractivity contribution in [2.24, 2.45) is 0 Å². The molecular formula is C22H27N3OS. The van der Waals surface area contributed by atoms with Gasteiger partial charge in [-0.05, 0) is 50.1 Å². The molecule has 1 saturated heterocycles. The fraction of sp³-hybridized carbons (Fsp3) is 0.409. The van der Waals surface area contributed by atoms with Crippen LogP contribution in [-0.2, 0) is 4.79 Å². The van der Waals surface area contributed by atoms with E-state index in [1.54, 1.807) is 11.8 Å². The number of carbonyl (C=O) groups excluding carboxylic acids is 1. The zero-order valence-electron chi connectivity index (χ0n) is 15.9. The number of nitrogens with one attached hydrogen (secondary N) is 1. The van der Waals surface area contributed by atoms with Crippen LogP contribution < -0.4 is 10.2 Å². The number of hydrogen-bond acceptors (Lipinski definition) is 4. The van der Waals surface area contributed by atoms with Crippen molar-refractivity contribution < 1.29 is 4.79 Å². The molecular weight excluding hydrogens is 354 g/mol. The summed E-state index contributed by atoms with van der Waals surface area (Å²) in [5.41, 5.74) is 3.46. The van der Waals surface area contributed by atoms with Gasteiger partial charge in [0, 0.05) is 36.8 Å². The Kier molecular flexibility index (Phi) is 5.69. The molecule has 2 aromatic carbocycles. The number of anilines is 2. The zero-order chi connectivity index (χ0) is 18.6. The molecule has 1 N–H and O–H groups in total. The minimum Gasteiger partial charge on any atom is -0.369 e. The minimum absolute atomic E-state index is 0.0323. The molecule has 4 nitrogen and oxygen atoms in total. The van der Waals surface area contributed by atoms with Crippen molar-refractivity contribution in [3.63, 3.8) is 0 Å². The lowest BCUT2D eigenvalue weighted by Crippen LogP contribution is -2.46. The number of carbonyl (C=O) groups is 1. The third-order valence-electron chi connectivity index (χ3n) is 5.48. The third kappa shape index (κ3) is 4.30. The number of aryl methyl sites for hydroxylation is 1. The van der Waals surface area contributed by atoms with E-state index in [9.17, 15) is 4.79 Å². The molecule has 1 atom stereocenters. The van der Waals surface area contributed by atoms with Crippen molar-refractivity contribution in [2.75, 3.05) is 42.9 Å². The Morgan fingerprint density at radius 1 is 1.04 bits per heavy atom. The third-order valence-corrected chi connectivity index (χ3v) is 6.81. The molecule has 0 bridgehead atoms. The van der Waals surface area contributed by atoms with Crippen LogP contribution in [0, 0.1) is 6.92 Å². The van der Waals surface area contributed by atoms with E-state index in [4.69, 9.17) is 0 Å². The van der Waals surface area contributed by atoms with Gasteiger partial charge in [0.15, 0.2) is 0 Å². The summed E-state index contributed by atoms with van der Waals surface area (Å²) in [7, 11) is 0. The van der Waals surface area contributed by atoms with E-state index in [0.29, 0.717) is 0 Å². The fourth-order valence-electron chi connectivity index (χ4n) is 3.87. The van der Waals surface area contributed by atoms with Crippen LogP contribution >= 0.6 is 11.8 Å². The Bertz CT molecular complexity index is 787. The van der Waals surface area contributed by atoms with Crippen LogP contribution in [-0.4, -0.2) is 48.8 Å². The Morgan fingerprint density at radius 3 is 2.59 bits per heavy atom. The number of rotatable bonds is 5. The number of thioether (sulfide) groups is 1. The predicted octanol–water partition coefficient (Wildman–Crippen LogP) is 4.01. The summed E-state index contributed by atoms with van der Waals surface area (Å²) in [5.74, 6) is 0.163. The van der Waals surface area contributed by atoms with Crippen molar-refractivity contribution in [1.29, 1.82) is 0 Å². The summed E-state index contributed by atoms with van der Waals surface area (Å²) in [5, 5.41) is 3.14. The molecule has 2 heterocycles. The van der Waals surface area contributed by atoms with E-state index in [1.807, 2.05) is 0 Å². The zero-order valence-corrected chi connectivity index (χ0v) is 16.7. The highest BCUT2D eigenvalue weighted by molar-refractivity contribution is 8.01. The van der Waals surface area contributed by atoms with Crippen molar-refractivity contribution in [1.82, 2.24) is 4.90 Å². The second-order valence-electron chi connectivity index (χ2n) is 7.35. The molecule has 0 saturated carbocycles. The molecule has 0 spiro atoms. The molecule has 2 aliphatic rings. The van der Waals surface area contributed by atoms with E-state index in [2.05, 4.69) is 70.6 Å². The van der Waals surface area contributed by atoms with Crippen LogP contribution in [0.4, 0.5) is 11.4 Å². The molecule has 2 aromatic rings. The molecule has 5 heteroatoms. The first-order chi connectivity index (χ1) is 13.2. The molecule has 142 valence electrons. The van der Waals surface area contributed by atoms with Crippen LogP contribution in [0.3, 0.4) is 0 Å². The van der Waals surface area contributed by atoms with Crippen LogP contribution in [0.2, 0.25) is 0 Å². The largest absolute Gasteiger partial charge is 0.369 e. The Morgan fingerprint density at radius 2 is 1.81 bits per heavy atom. The van der Waals surface area contributed by atoms with Gasteiger partial charge in [0.05, 0.1) is 10.9 Å². The SMILES string of the molecule is Cc1cccc2c1NC(=O)C(CCCN1CCN(c3ccccc3)CC1)S2. The van der Waals surface area contributed by atoms with Gasteiger partial charge in [0.25, 0.3) is 0 Å². The van der Waals surface area contributed by atoms with Gasteiger partial charge in [-0.15, -0.1) is 11.8 Å². The standard InChI is InChI=1S/C22H27N3OS/c1-17-7-5-10-19-21(17)23-22(26)20(27-19)11-6-12-24-13-15-25(16-14-24)18-8-3-2-4-9-18/h2-5,7-10,20H,6,11-16H2,1H3,(H,23,26). The first-order valence-electron chi connectivity index (χ1n) is 9.80. The van der Waals surface area contributed by atoms with Gasteiger partial charge >= 0.3 is 0 Å². The molecule has 1 amide bonds. The summed E-state index contributed by atoms with van der Waals surface area (Å²) >= 11 is 1.72. The van der Waals surface area contributed by atoms with Crippen molar-refractivity contribution >= 4 is 29.0 Å². The number of piperazine rings is 1. The molecule has 2 aliphatic heterocycles. The van der Waals surface area contributed by atoms with E-state index in [0.717, 1.165) is 56.8 Å². The van der Waals surface area contributed by atoms with Crippen LogP contribution in [0.25, 0.3) is 0 Å². The molecule has 0 aromatic heterocycles. The van der Waals surface area contributed by atoms with E-state index < -0.39 is 0 Å². The van der Waals surface area contributed by atoms with E-state index in [-0.39, 0.29) is 11.2 Å². The summed E-state index contributed by atoms with van der Waals surface area (Å²) in [6.07, 6.45) is 2.00. The van der Waals surface area contributed by atoms with Crippen molar-refractivity contribution in [2.45, 2.75) is 29.9 Å². The minimum atomic E-state index is 0.0323. The summed E-state index contributed by atoms with van der Waals surface area (Å²) in [6.45, 7) is 7.48. The Hall–Kier alpha value is -1.98. The highest BCUT2D eigenvalue weighted by atomic mass is 32.2. The number of fused-ring (bicyclic) bond motifs is 1. The number of nitrogens with zero attached hydrogens (tertiary/aromatic N) is 2. The lowest BCUT2D eigenvalue weighted by atomic mass is 10.1. The summed E-state index contributed by atoms with van der Waals surface area (Å²) in [4.78, 5) is 18.6. The number of hydrogen-bond donors (Lipinski definition) is 1. The average molecular weight is 382 g/mol. The molecule has 4 rings (SSSR count). The number of amides is 1. The fourth-order valence-corrected chi connectivity index (χ4v) is 5.11. The van der Waals surface area contributed by atoms with Gasteiger partial charge in [-0.1, -0.05) is 30.3 Å². The molecule has 0 aliphatic carbocycles.